The molecule has 0 radical (unpaired) electrons. The molecule has 100 valence electrons. The standard InChI is InChI=1S/C6H10O2.C4H6O2.C2H6O/c1-4-8-6(7)5(2)3;1-3(2)4(5)6;1-2-3/h2,4H2,1,3H3;1H2,2H3,(H,5,6);3H,2H2,1H3. The summed E-state index contributed by atoms with van der Waals surface area (Å²) in [4.78, 5) is 20.0. The normalized spacial score (nSPS) is 7.59. The van der Waals surface area contributed by atoms with Crippen molar-refractivity contribution in [2.75, 3.05) is 13.2 Å². The van der Waals surface area contributed by atoms with Crippen LogP contribution >= 0.6 is 0 Å². The third-order valence-corrected chi connectivity index (χ3v) is 0.989. The van der Waals surface area contributed by atoms with Crippen LogP contribution in [-0.4, -0.2) is 35.4 Å². The number of hydrogen-bond acceptors (Lipinski definition) is 4. The van der Waals surface area contributed by atoms with E-state index < -0.39 is 5.97 Å². The second-order valence-electron chi connectivity index (χ2n) is 2.90. The van der Waals surface area contributed by atoms with Gasteiger partial charge in [0.1, 0.15) is 0 Å². The SMILES string of the molecule is C=C(C)C(=O)O.C=C(C)C(=O)OCC.CCO. The molecular weight excluding hydrogens is 224 g/mol. The van der Waals surface area contributed by atoms with Gasteiger partial charge in [-0.25, -0.2) is 9.59 Å². The van der Waals surface area contributed by atoms with E-state index in [1.165, 1.54) is 6.92 Å². The number of ether oxygens (including phenoxy) is 1. The van der Waals surface area contributed by atoms with E-state index in [0.29, 0.717) is 12.2 Å². The van der Waals surface area contributed by atoms with Crippen molar-refractivity contribution in [2.24, 2.45) is 0 Å². The molecule has 0 rings (SSSR count). The number of aliphatic carboxylic acids is 1. The number of aliphatic hydroxyl groups excluding tert-OH is 1. The van der Waals surface area contributed by atoms with Crippen molar-refractivity contribution in [3.8, 4) is 0 Å². The molecule has 0 saturated carbocycles. The fourth-order valence-corrected chi connectivity index (χ4v) is 0.254. The zero-order valence-electron chi connectivity index (χ0n) is 10.9. The Bertz CT molecular complexity index is 244. The molecule has 0 aliphatic rings. The van der Waals surface area contributed by atoms with Crippen molar-refractivity contribution in [1.82, 2.24) is 0 Å². The van der Waals surface area contributed by atoms with E-state index in [2.05, 4.69) is 17.9 Å². The summed E-state index contributed by atoms with van der Waals surface area (Å²) < 4.78 is 4.56. The van der Waals surface area contributed by atoms with Crippen LogP contribution in [0.3, 0.4) is 0 Å². The van der Waals surface area contributed by atoms with Crippen molar-refractivity contribution < 1.29 is 24.5 Å². The smallest absolute Gasteiger partial charge is 0.333 e. The second-order valence-corrected chi connectivity index (χ2v) is 2.90. The van der Waals surface area contributed by atoms with Crippen molar-refractivity contribution >= 4 is 11.9 Å². The molecule has 5 nitrogen and oxygen atoms in total. The lowest BCUT2D eigenvalue weighted by molar-refractivity contribution is -0.138. The van der Waals surface area contributed by atoms with E-state index >= 15 is 0 Å². The van der Waals surface area contributed by atoms with Gasteiger partial charge in [0.15, 0.2) is 0 Å². The molecule has 0 saturated heterocycles. The van der Waals surface area contributed by atoms with Gasteiger partial charge in [-0.05, 0) is 27.7 Å². The number of carbonyl (C=O) groups is 2. The Morgan fingerprint density at radius 2 is 1.41 bits per heavy atom. The molecular formula is C12H22O5. The average molecular weight is 246 g/mol. The van der Waals surface area contributed by atoms with Crippen LogP contribution in [0.15, 0.2) is 24.3 Å². The van der Waals surface area contributed by atoms with Gasteiger partial charge in [0, 0.05) is 17.8 Å². The summed E-state index contributed by atoms with van der Waals surface area (Å²) in [5.74, 6) is -1.25. The highest BCUT2D eigenvalue weighted by Crippen LogP contribution is 1.89. The molecule has 0 aliphatic heterocycles. The summed E-state index contributed by atoms with van der Waals surface area (Å²) in [6, 6.07) is 0. The summed E-state index contributed by atoms with van der Waals surface area (Å²) in [7, 11) is 0. The number of esters is 1. The number of carboxylic acids is 1. The monoisotopic (exact) mass is 246 g/mol. The fourth-order valence-electron chi connectivity index (χ4n) is 0.254. The van der Waals surface area contributed by atoms with E-state index in [1.807, 2.05) is 0 Å². The van der Waals surface area contributed by atoms with Gasteiger partial charge in [-0.1, -0.05) is 13.2 Å². The minimum Gasteiger partial charge on any atom is -0.478 e. The van der Waals surface area contributed by atoms with Gasteiger partial charge in [-0.2, -0.15) is 0 Å². The van der Waals surface area contributed by atoms with Crippen LogP contribution in [0.5, 0.6) is 0 Å². The summed E-state index contributed by atoms with van der Waals surface area (Å²) in [5, 5.41) is 15.5. The van der Waals surface area contributed by atoms with E-state index in [4.69, 9.17) is 10.2 Å². The highest BCUT2D eigenvalue weighted by atomic mass is 16.5. The number of carbonyl (C=O) groups excluding carboxylic acids is 1. The first-order chi connectivity index (χ1) is 7.74. The molecule has 0 aromatic carbocycles. The Morgan fingerprint density at radius 3 is 1.47 bits per heavy atom. The molecule has 17 heavy (non-hydrogen) atoms. The molecule has 0 fully saturated rings. The minimum absolute atomic E-state index is 0.176. The Kier molecular flexibility index (Phi) is 17.6. The van der Waals surface area contributed by atoms with Crippen LogP contribution < -0.4 is 0 Å². The lowest BCUT2D eigenvalue weighted by atomic mass is 10.4. The first kappa shape index (κ1) is 20.8. The quantitative estimate of drug-likeness (QED) is 0.585. The zero-order chi connectivity index (χ0) is 14.4. The summed E-state index contributed by atoms with van der Waals surface area (Å²) in [6.45, 7) is 13.7. The van der Waals surface area contributed by atoms with Gasteiger partial charge in [0.05, 0.1) is 6.61 Å². The Balaban J connectivity index is -0.000000193. The molecule has 0 heterocycles. The van der Waals surface area contributed by atoms with E-state index in [1.54, 1.807) is 20.8 Å². The Morgan fingerprint density at radius 1 is 1.12 bits per heavy atom. The van der Waals surface area contributed by atoms with Gasteiger partial charge in [-0.15, -0.1) is 0 Å². The first-order valence-corrected chi connectivity index (χ1v) is 5.06. The molecule has 0 aromatic rings. The van der Waals surface area contributed by atoms with Crippen LogP contribution in [0.25, 0.3) is 0 Å². The molecule has 0 aromatic heterocycles. The van der Waals surface area contributed by atoms with E-state index in [9.17, 15) is 9.59 Å². The predicted octanol–water partition coefficient (Wildman–Crippen LogP) is 1.77. The number of hydrogen-bond donors (Lipinski definition) is 2. The van der Waals surface area contributed by atoms with Gasteiger partial charge >= 0.3 is 11.9 Å². The zero-order valence-corrected chi connectivity index (χ0v) is 10.9. The Hall–Kier alpha value is -1.62. The van der Waals surface area contributed by atoms with Crippen molar-refractivity contribution in [3.63, 3.8) is 0 Å². The van der Waals surface area contributed by atoms with Gasteiger partial charge in [-0.3, -0.25) is 0 Å². The molecule has 0 atom stereocenters. The predicted molar refractivity (Wildman–Crippen MR) is 66.7 cm³/mol. The molecule has 0 bridgehead atoms. The van der Waals surface area contributed by atoms with Crippen molar-refractivity contribution in [2.45, 2.75) is 27.7 Å². The topological polar surface area (TPSA) is 83.8 Å². The largest absolute Gasteiger partial charge is 0.478 e. The van der Waals surface area contributed by atoms with Gasteiger partial charge in [0.25, 0.3) is 0 Å². The summed E-state index contributed by atoms with van der Waals surface area (Å²) >= 11 is 0. The fraction of sp³-hybridized carbons (Fsp3) is 0.500. The molecule has 0 unspecified atom stereocenters. The highest BCUT2D eigenvalue weighted by Gasteiger charge is 1.98. The van der Waals surface area contributed by atoms with Crippen LogP contribution in [0.2, 0.25) is 0 Å². The number of aliphatic hydroxyl groups is 1. The van der Waals surface area contributed by atoms with Crippen LogP contribution in [0.4, 0.5) is 0 Å². The Labute approximate surface area is 102 Å². The summed E-state index contributed by atoms with van der Waals surface area (Å²) in [5.41, 5.74) is 0.627. The molecule has 0 aliphatic carbocycles. The lowest BCUT2D eigenvalue weighted by Crippen LogP contribution is -2.03. The average Bonchev–Trinajstić information content (AvgIpc) is 2.19. The first-order valence-electron chi connectivity index (χ1n) is 5.06. The van der Waals surface area contributed by atoms with Gasteiger partial charge in [0.2, 0.25) is 0 Å². The molecule has 5 heteroatoms. The van der Waals surface area contributed by atoms with E-state index in [0.717, 1.165) is 0 Å². The van der Waals surface area contributed by atoms with Crippen LogP contribution in [-0.2, 0) is 14.3 Å². The lowest BCUT2D eigenvalue weighted by Gasteiger charge is -1.96. The van der Waals surface area contributed by atoms with E-state index in [-0.39, 0.29) is 18.1 Å². The maximum absolute atomic E-state index is 10.4. The maximum atomic E-state index is 10.4. The van der Waals surface area contributed by atoms with Crippen LogP contribution in [0, 0.1) is 0 Å². The molecule has 0 spiro atoms. The van der Waals surface area contributed by atoms with Crippen molar-refractivity contribution in [3.05, 3.63) is 24.3 Å². The minimum atomic E-state index is -0.935. The third kappa shape index (κ3) is 25.0. The van der Waals surface area contributed by atoms with Crippen molar-refractivity contribution in [1.29, 1.82) is 0 Å². The van der Waals surface area contributed by atoms with Gasteiger partial charge < -0.3 is 14.9 Å². The van der Waals surface area contributed by atoms with Crippen LogP contribution in [0.1, 0.15) is 27.7 Å². The number of carboxylic acid groups (broad SMARTS) is 1. The second kappa shape index (κ2) is 14.4. The highest BCUT2D eigenvalue weighted by molar-refractivity contribution is 5.86. The maximum Gasteiger partial charge on any atom is 0.333 e. The third-order valence-electron chi connectivity index (χ3n) is 0.989. The summed E-state index contributed by atoms with van der Waals surface area (Å²) in [6.07, 6.45) is 0. The molecule has 0 amide bonds. The number of rotatable bonds is 3. The molecule has 2 N–H and O–H groups in total.